The molecule has 66 valence electrons. The van der Waals surface area contributed by atoms with E-state index < -0.39 is 0 Å². The predicted octanol–water partition coefficient (Wildman–Crippen LogP) is 4.21. The van der Waals surface area contributed by atoms with Crippen LogP contribution < -0.4 is 0 Å². The molecule has 0 atom stereocenters. The fourth-order valence-electron chi connectivity index (χ4n) is 0.679. The van der Waals surface area contributed by atoms with Crippen LogP contribution in [0.15, 0.2) is 47.1 Å². The molecule has 12 heavy (non-hydrogen) atoms. The molecule has 0 aliphatic carbocycles. The molecule has 0 aromatic heterocycles. The van der Waals surface area contributed by atoms with Crippen LogP contribution in [0.4, 0.5) is 0 Å². The van der Waals surface area contributed by atoms with Crippen LogP contribution in [0, 0.1) is 0 Å². The largest absolute Gasteiger partial charge is 0.0991 e. The molecule has 0 rings (SSSR count). The molecular formula is C11H15Cl. The van der Waals surface area contributed by atoms with Gasteiger partial charge in [-0.2, -0.15) is 0 Å². The van der Waals surface area contributed by atoms with Crippen LogP contribution in [0.5, 0.6) is 0 Å². The summed E-state index contributed by atoms with van der Waals surface area (Å²) in [5.41, 5.74) is 2.41. The highest BCUT2D eigenvalue weighted by Gasteiger charge is 1.88. The molecule has 0 amide bonds. The minimum absolute atomic E-state index is 0.792. The third-order valence-corrected chi connectivity index (χ3v) is 1.68. The van der Waals surface area contributed by atoms with Gasteiger partial charge in [0.25, 0.3) is 0 Å². The number of hydrogen-bond donors (Lipinski definition) is 0. The summed E-state index contributed by atoms with van der Waals surface area (Å²) in [5, 5.41) is 0.792. The molecule has 0 heterocycles. The van der Waals surface area contributed by atoms with Crippen LogP contribution in [-0.2, 0) is 0 Å². The van der Waals surface area contributed by atoms with E-state index in [1.807, 2.05) is 39.0 Å². The van der Waals surface area contributed by atoms with Gasteiger partial charge in [-0.25, -0.2) is 0 Å². The van der Waals surface area contributed by atoms with Crippen molar-refractivity contribution >= 4 is 11.6 Å². The van der Waals surface area contributed by atoms with E-state index in [1.54, 1.807) is 6.08 Å². The average molecular weight is 183 g/mol. The van der Waals surface area contributed by atoms with Gasteiger partial charge in [0.2, 0.25) is 0 Å². The molecule has 0 saturated carbocycles. The lowest BCUT2D eigenvalue weighted by molar-refractivity contribution is 1.34. The second-order valence-electron chi connectivity index (χ2n) is 2.69. The van der Waals surface area contributed by atoms with E-state index in [0.29, 0.717) is 0 Å². The molecule has 0 unspecified atom stereocenters. The standard InChI is InChI=1S/C11H15Cl/c1-5-6-9(2)10(3)7-8-11(4)12/h5-8H,1H2,2-4H3/b9-6+,10-7+,11-8+. The van der Waals surface area contributed by atoms with E-state index in [1.165, 1.54) is 11.1 Å². The third-order valence-electron chi connectivity index (χ3n) is 1.55. The summed E-state index contributed by atoms with van der Waals surface area (Å²) in [5.74, 6) is 0. The smallest absolute Gasteiger partial charge is 0.0150 e. The van der Waals surface area contributed by atoms with Gasteiger partial charge in [0.15, 0.2) is 0 Å². The first-order chi connectivity index (χ1) is 5.57. The molecule has 0 nitrogen and oxygen atoms in total. The Hall–Kier alpha value is -0.750. The zero-order valence-corrected chi connectivity index (χ0v) is 8.65. The van der Waals surface area contributed by atoms with Crippen LogP contribution in [0.3, 0.4) is 0 Å². The van der Waals surface area contributed by atoms with Crippen molar-refractivity contribution < 1.29 is 0 Å². The van der Waals surface area contributed by atoms with Crippen molar-refractivity contribution in [1.29, 1.82) is 0 Å². The van der Waals surface area contributed by atoms with E-state index >= 15 is 0 Å². The number of allylic oxidation sites excluding steroid dienone is 7. The maximum atomic E-state index is 5.68. The SMILES string of the molecule is C=C/C=C(C)/C(C)=C/C=C(\C)Cl. The van der Waals surface area contributed by atoms with Crippen molar-refractivity contribution in [3.8, 4) is 0 Å². The van der Waals surface area contributed by atoms with Crippen molar-refractivity contribution in [2.24, 2.45) is 0 Å². The van der Waals surface area contributed by atoms with E-state index in [0.717, 1.165) is 5.03 Å². The van der Waals surface area contributed by atoms with Crippen LogP contribution in [0.25, 0.3) is 0 Å². The molecule has 0 aliphatic rings. The molecular weight excluding hydrogens is 168 g/mol. The summed E-state index contributed by atoms with van der Waals surface area (Å²) in [6, 6.07) is 0. The fraction of sp³-hybridized carbons (Fsp3) is 0.273. The average Bonchev–Trinajstić information content (AvgIpc) is 2.00. The predicted molar refractivity (Wildman–Crippen MR) is 57.3 cm³/mol. The van der Waals surface area contributed by atoms with Gasteiger partial charge >= 0.3 is 0 Å². The van der Waals surface area contributed by atoms with Gasteiger partial charge in [-0.3, -0.25) is 0 Å². The van der Waals surface area contributed by atoms with Crippen molar-refractivity contribution in [3.05, 3.63) is 47.1 Å². The first-order valence-corrected chi connectivity index (χ1v) is 4.26. The van der Waals surface area contributed by atoms with Gasteiger partial charge in [0, 0.05) is 5.03 Å². The molecule has 0 aromatic rings. The van der Waals surface area contributed by atoms with E-state index in [2.05, 4.69) is 6.58 Å². The molecule has 0 fully saturated rings. The molecule has 0 aromatic carbocycles. The zero-order chi connectivity index (χ0) is 9.56. The van der Waals surface area contributed by atoms with E-state index in [-0.39, 0.29) is 0 Å². The lowest BCUT2D eigenvalue weighted by Crippen LogP contribution is -1.76. The summed E-state index contributed by atoms with van der Waals surface area (Å²) < 4.78 is 0. The van der Waals surface area contributed by atoms with Crippen molar-refractivity contribution in [2.75, 3.05) is 0 Å². The first-order valence-electron chi connectivity index (χ1n) is 3.88. The van der Waals surface area contributed by atoms with Gasteiger partial charge in [0.05, 0.1) is 0 Å². The zero-order valence-electron chi connectivity index (χ0n) is 7.89. The van der Waals surface area contributed by atoms with Crippen LogP contribution in [-0.4, -0.2) is 0 Å². The highest BCUT2D eigenvalue weighted by molar-refractivity contribution is 6.29. The Bertz CT molecular complexity index is 238. The summed E-state index contributed by atoms with van der Waals surface area (Å²) >= 11 is 5.68. The Labute approximate surface area is 79.9 Å². The molecule has 0 aliphatic heterocycles. The molecule has 1 heteroatoms. The highest BCUT2D eigenvalue weighted by atomic mass is 35.5. The lowest BCUT2D eigenvalue weighted by atomic mass is 10.1. The van der Waals surface area contributed by atoms with Gasteiger partial charge in [-0.05, 0) is 38.0 Å². The maximum absolute atomic E-state index is 5.68. The second kappa shape index (κ2) is 5.84. The third kappa shape index (κ3) is 4.97. The number of halogens is 1. The van der Waals surface area contributed by atoms with Crippen molar-refractivity contribution in [3.63, 3.8) is 0 Å². The number of rotatable bonds is 3. The van der Waals surface area contributed by atoms with Gasteiger partial charge in [-0.1, -0.05) is 36.4 Å². The minimum Gasteiger partial charge on any atom is -0.0991 e. The van der Waals surface area contributed by atoms with E-state index in [9.17, 15) is 0 Å². The Kier molecular flexibility index (Phi) is 5.48. The monoisotopic (exact) mass is 182 g/mol. The summed E-state index contributed by atoms with van der Waals surface area (Å²) in [4.78, 5) is 0. The Morgan fingerprint density at radius 3 is 1.92 bits per heavy atom. The topological polar surface area (TPSA) is 0 Å². The van der Waals surface area contributed by atoms with Gasteiger partial charge < -0.3 is 0 Å². The molecule has 0 N–H and O–H groups in total. The summed E-state index contributed by atoms with van der Waals surface area (Å²) in [7, 11) is 0. The van der Waals surface area contributed by atoms with Crippen LogP contribution in [0.2, 0.25) is 0 Å². The quantitative estimate of drug-likeness (QED) is 0.574. The Morgan fingerprint density at radius 2 is 1.50 bits per heavy atom. The Balaban J connectivity index is 4.48. The minimum atomic E-state index is 0.792. The van der Waals surface area contributed by atoms with E-state index in [4.69, 9.17) is 11.6 Å². The Morgan fingerprint density at radius 1 is 1.00 bits per heavy atom. The normalized spacial score (nSPS) is 14.8. The van der Waals surface area contributed by atoms with Crippen LogP contribution in [0.1, 0.15) is 20.8 Å². The molecule has 0 saturated heterocycles. The second-order valence-corrected chi connectivity index (χ2v) is 3.28. The van der Waals surface area contributed by atoms with Gasteiger partial charge in [0.1, 0.15) is 0 Å². The highest BCUT2D eigenvalue weighted by Crippen LogP contribution is 2.09. The fourth-order valence-corrected chi connectivity index (χ4v) is 0.742. The lowest BCUT2D eigenvalue weighted by Gasteiger charge is -1.97. The molecule has 0 bridgehead atoms. The van der Waals surface area contributed by atoms with Gasteiger partial charge in [-0.15, -0.1) is 0 Å². The molecule has 0 radical (unpaired) electrons. The number of hydrogen-bond acceptors (Lipinski definition) is 0. The summed E-state index contributed by atoms with van der Waals surface area (Å²) in [6.45, 7) is 9.59. The maximum Gasteiger partial charge on any atom is 0.0150 e. The van der Waals surface area contributed by atoms with Crippen molar-refractivity contribution in [1.82, 2.24) is 0 Å². The van der Waals surface area contributed by atoms with Crippen LogP contribution >= 0.6 is 11.6 Å². The first kappa shape index (κ1) is 11.2. The summed E-state index contributed by atoms with van der Waals surface area (Å²) in [6.07, 6.45) is 7.64. The van der Waals surface area contributed by atoms with Crippen molar-refractivity contribution in [2.45, 2.75) is 20.8 Å². The molecule has 0 spiro atoms.